The number of carboxylic acid groups (broad SMARTS) is 1. The van der Waals surface area contributed by atoms with Gasteiger partial charge in [0.25, 0.3) is 0 Å². The first-order valence-corrected chi connectivity index (χ1v) is 6.53. The molecule has 3 rings (SSSR count). The largest absolute Gasteiger partial charge is 0.478 e. The summed E-state index contributed by atoms with van der Waals surface area (Å²) in [6.45, 7) is 0. The molecule has 4 heteroatoms. The van der Waals surface area contributed by atoms with Crippen LogP contribution in [0.3, 0.4) is 0 Å². The van der Waals surface area contributed by atoms with Crippen molar-refractivity contribution in [3.63, 3.8) is 0 Å². The normalized spacial score (nSPS) is 10.7. The van der Waals surface area contributed by atoms with E-state index in [-0.39, 0.29) is 5.56 Å². The van der Waals surface area contributed by atoms with Crippen LogP contribution in [0.4, 0.5) is 0 Å². The Kier molecular flexibility index (Phi) is 3.01. The van der Waals surface area contributed by atoms with Gasteiger partial charge in [-0.3, -0.25) is 0 Å². The molecule has 1 N–H and O–H groups in total. The first kappa shape index (κ1) is 11.9. The minimum absolute atomic E-state index is 0.169. The second-order valence-electron chi connectivity index (χ2n) is 4.04. The number of benzene rings is 2. The Morgan fingerprint density at radius 3 is 2.68 bits per heavy atom. The highest BCUT2D eigenvalue weighted by molar-refractivity contribution is 7.99. The maximum absolute atomic E-state index is 10.8. The van der Waals surface area contributed by atoms with E-state index in [1.165, 1.54) is 24.1 Å². The molecule has 0 saturated carbocycles. The van der Waals surface area contributed by atoms with E-state index in [0.29, 0.717) is 5.09 Å². The SMILES string of the molecule is O=C(O)c1coc(Sc2cccc3ccccc23)c1. The highest BCUT2D eigenvalue weighted by Gasteiger charge is 2.10. The van der Waals surface area contributed by atoms with Gasteiger partial charge in [0.05, 0.1) is 5.56 Å². The van der Waals surface area contributed by atoms with Crippen molar-refractivity contribution in [3.8, 4) is 0 Å². The molecule has 0 amide bonds. The Morgan fingerprint density at radius 1 is 1.11 bits per heavy atom. The van der Waals surface area contributed by atoms with Crippen LogP contribution in [0.15, 0.2) is 69.2 Å². The third-order valence-corrected chi connectivity index (χ3v) is 3.77. The fourth-order valence-corrected chi connectivity index (χ4v) is 2.82. The quantitative estimate of drug-likeness (QED) is 0.771. The van der Waals surface area contributed by atoms with Crippen LogP contribution in [-0.2, 0) is 0 Å². The van der Waals surface area contributed by atoms with Crippen molar-refractivity contribution in [2.24, 2.45) is 0 Å². The predicted molar refractivity (Wildman–Crippen MR) is 73.7 cm³/mol. The van der Waals surface area contributed by atoms with Crippen molar-refractivity contribution in [3.05, 3.63) is 60.4 Å². The van der Waals surface area contributed by atoms with Gasteiger partial charge in [-0.05, 0) is 16.8 Å². The van der Waals surface area contributed by atoms with Gasteiger partial charge in [-0.2, -0.15) is 0 Å². The van der Waals surface area contributed by atoms with Gasteiger partial charge in [0.2, 0.25) is 0 Å². The maximum atomic E-state index is 10.8. The van der Waals surface area contributed by atoms with E-state index < -0.39 is 5.97 Å². The summed E-state index contributed by atoms with van der Waals surface area (Å²) < 4.78 is 5.26. The van der Waals surface area contributed by atoms with Gasteiger partial charge in [0, 0.05) is 11.0 Å². The van der Waals surface area contributed by atoms with E-state index in [4.69, 9.17) is 9.52 Å². The molecule has 94 valence electrons. The van der Waals surface area contributed by atoms with Crippen molar-refractivity contribution >= 4 is 28.5 Å². The van der Waals surface area contributed by atoms with Crippen molar-refractivity contribution < 1.29 is 14.3 Å². The second kappa shape index (κ2) is 4.82. The van der Waals surface area contributed by atoms with Crippen molar-refractivity contribution in [2.75, 3.05) is 0 Å². The summed E-state index contributed by atoms with van der Waals surface area (Å²) in [4.78, 5) is 11.9. The summed E-state index contributed by atoms with van der Waals surface area (Å²) in [5, 5.41) is 11.7. The Bertz CT molecular complexity index is 740. The third-order valence-electron chi connectivity index (χ3n) is 2.78. The van der Waals surface area contributed by atoms with Crippen LogP contribution in [0.2, 0.25) is 0 Å². The molecule has 0 atom stereocenters. The van der Waals surface area contributed by atoms with Gasteiger partial charge in [0.15, 0.2) is 5.09 Å². The first-order valence-electron chi connectivity index (χ1n) is 5.71. The summed E-state index contributed by atoms with van der Waals surface area (Å²) in [6.07, 6.45) is 1.26. The second-order valence-corrected chi connectivity index (χ2v) is 5.09. The van der Waals surface area contributed by atoms with E-state index in [1.54, 1.807) is 0 Å². The molecule has 0 fully saturated rings. The van der Waals surface area contributed by atoms with Gasteiger partial charge in [-0.1, -0.05) is 48.2 Å². The molecular formula is C15H10O3S. The van der Waals surface area contributed by atoms with Crippen molar-refractivity contribution in [1.29, 1.82) is 0 Å². The maximum Gasteiger partial charge on any atom is 0.339 e. The zero-order valence-corrected chi connectivity index (χ0v) is 10.7. The molecule has 0 aliphatic heterocycles. The van der Waals surface area contributed by atoms with Gasteiger partial charge in [0.1, 0.15) is 6.26 Å². The lowest BCUT2D eigenvalue weighted by molar-refractivity contribution is 0.0696. The van der Waals surface area contributed by atoms with E-state index in [1.807, 2.05) is 42.5 Å². The number of furan rings is 1. The van der Waals surface area contributed by atoms with Crippen LogP contribution in [-0.4, -0.2) is 11.1 Å². The molecule has 1 heterocycles. The summed E-state index contributed by atoms with van der Waals surface area (Å²) in [7, 11) is 0. The molecule has 0 spiro atoms. The molecule has 3 aromatic rings. The lowest BCUT2D eigenvalue weighted by Crippen LogP contribution is -1.91. The number of rotatable bonds is 3. The topological polar surface area (TPSA) is 50.4 Å². The Morgan fingerprint density at radius 2 is 1.89 bits per heavy atom. The smallest absolute Gasteiger partial charge is 0.339 e. The fourth-order valence-electron chi connectivity index (χ4n) is 1.88. The molecule has 0 radical (unpaired) electrons. The van der Waals surface area contributed by atoms with E-state index in [2.05, 4.69) is 0 Å². The number of carboxylic acids is 1. The average Bonchev–Trinajstić information content (AvgIpc) is 2.88. The monoisotopic (exact) mass is 270 g/mol. The van der Waals surface area contributed by atoms with E-state index in [0.717, 1.165) is 15.7 Å². The predicted octanol–water partition coefficient (Wildman–Crippen LogP) is 4.28. The number of fused-ring (bicyclic) bond motifs is 1. The third kappa shape index (κ3) is 2.35. The zero-order chi connectivity index (χ0) is 13.2. The molecule has 19 heavy (non-hydrogen) atoms. The van der Waals surface area contributed by atoms with Gasteiger partial charge >= 0.3 is 5.97 Å². The number of aromatic carboxylic acids is 1. The van der Waals surface area contributed by atoms with Crippen LogP contribution in [0.1, 0.15) is 10.4 Å². The van der Waals surface area contributed by atoms with Gasteiger partial charge in [-0.15, -0.1) is 0 Å². The van der Waals surface area contributed by atoms with Crippen LogP contribution in [0, 0.1) is 0 Å². The molecule has 0 saturated heterocycles. The molecule has 1 aromatic heterocycles. The number of hydrogen-bond acceptors (Lipinski definition) is 3. The standard InChI is InChI=1S/C15H10O3S/c16-15(17)11-8-14(18-9-11)19-13-7-3-5-10-4-1-2-6-12(10)13/h1-9H,(H,16,17). The highest BCUT2D eigenvalue weighted by Crippen LogP contribution is 2.34. The molecule has 3 nitrogen and oxygen atoms in total. The Hall–Kier alpha value is -2.20. The highest BCUT2D eigenvalue weighted by atomic mass is 32.2. The van der Waals surface area contributed by atoms with E-state index >= 15 is 0 Å². The molecule has 0 unspecified atom stereocenters. The molecule has 0 aliphatic carbocycles. The summed E-state index contributed by atoms with van der Waals surface area (Å²) in [6, 6.07) is 15.6. The van der Waals surface area contributed by atoms with Crippen molar-refractivity contribution in [1.82, 2.24) is 0 Å². The van der Waals surface area contributed by atoms with Gasteiger partial charge in [-0.25, -0.2) is 4.79 Å². The zero-order valence-electron chi connectivity index (χ0n) is 9.87. The Labute approximate surface area is 113 Å². The fraction of sp³-hybridized carbons (Fsp3) is 0. The Balaban J connectivity index is 1.98. The van der Waals surface area contributed by atoms with Crippen LogP contribution in [0.25, 0.3) is 10.8 Å². The average molecular weight is 270 g/mol. The number of hydrogen-bond donors (Lipinski definition) is 1. The lowest BCUT2D eigenvalue weighted by Gasteiger charge is -2.03. The molecular weight excluding hydrogens is 260 g/mol. The van der Waals surface area contributed by atoms with Crippen LogP contribution >= 0.6 is 11.8 Å². The van der Waals surface area contributed by atoms with Gasteiger partial charge < -0.3 is 9.52 Å². The molecule has 0 bridgehead atoms. The minimum Gasteiger partial charge on any atom is -0.478 e. The molecule has 0 aliphatic rings. The molecule has 2 aromatic carbocycles. The summed E-state index contributed by atoms with van der Waals surface area (Å²) in [5.41, 5.74) is 0.169. The van der Waals surface area contributed by atoms with Crippen molar-refractivity contribution in [2.45, 2.75) is 9.99 Å². The lowest BCUT2D eigenvalue weighted by atomic mass is 10.1. The summed E-state index contributed by atoms with van der Waals surface area (Å²) in [5.74, 6) is -0.978. The minimum atomic E-state index is -0.978. The van der Waals surface area contributed by atoms with E-state index in [9.17, 15) is 4.79 Å². The first-order chi connectivity index (χ1) is 9.24. The van der Waals surface area contributed by atoms with Crippen LogP contribution < -0.4 is 0 Å². The summed E-state index contributed by atoms with van der Waals surface area (Å²) >= 11 is 1.43. The number of carbonyl (C=O) groups is 1. The van der Waals surface area contributed by atoms with Crippen LogP contribution in [0.5, 0.6) is 0 Å².